The Hall–Kier alpha value is -1.96. The zero-order valence-electron chi connectivity index (χ0n) is 13.4. The van der Waals surface area contributed by atoms with Gasteiger partial charge in [-0.15, -0.1) is 0 Å². The zero-order valence-corrected chi connectivity index (χ0v) is 13.4. The maximum Gasteiger partial charge on any atom is 0.438 e. The predicted octanol–water partition coefficient (Wildman–Crippen LogP) is 3.50. The van der Waals surface area contributed by atoms with Crippen LogP contribution in [0.15, 0.2) is 29.6 Å². The van der Waals surface area contributed by atoms with Gasteiger partial charge in [-0.05, 0) is 25.0 Å². The first-order valence-corrected chi connectivity index (χ1v) is 7.89. The molecule has 2 rings (SSSR count). The van der Waals surface area contributed by atoms with E-state index in [1.54, 1.807) is 0 Å². The summed E-state index contributed by atoms with van der Waals surface area (Å²) in [6.45, 7) is 2.03. The van der Waals surface area contributed by atoms with Crippen molar-refractivity contribution in [2.75, 3.05) is 0 Å². The topological polar surface area (TPSA) is 65.8 Å². The van der Waals surface area contributed by atoms with Gasteiger partial charge in [-0.2, -0.15) is 23.3 Å². The monoisotopic (exact) mass is 343 g/mol. The molecule has 1 unspecified atom stereocenters. The highest BCUT2D eigenvalue weighted by Gasteiger charge is 2.63. The van der Waals surface area contributed by atoms with Crippen molar-refractivity contribution in [2.24, 2.45) is 5.10 Å². The van der Waals surface area contributed by atoms with E-state index in [0.29, 0.717) is 12.8 Å². The molecule has 0 aromatic carbocycles. The molecule has 1 atom stereocenters. The van der Waals surface area contributed by atoms with Gasteiger partial charge in [0.15, 0.2) is 0 Å². The Balaban J connectivity index is 2.22. The van der Waals surface area contributed by atoms with Crippen LogP contribution in [0.5, 0.6) is 0 Å². The third-order valence-electron chi connectivity index (χ3n) is 3.93. The lowest BCUT2D eigenvalue weighted by Crippen LogP contribution is -2.56. The SMILES string of the molecule is CCCCCCC1=NN(C(=O)c2ccncc2)C(O)(C(F)(F)F)C1. The summed E-state index contributed by atoms with van der Waals surface area (Å²) in [6, 6.07) is 2.57. The van der Waals surface area contributed by atoms with Gasteiger partial charge in [-0.1, -0.05) is 26.2 Å². The number of hydrazone groups is 1. The number of hydrogen-bond acceptors (Lipinski definition) is 4. The maximum absolute atomic E-state index is 13.4. The summed E-state index contributed by atoms with van der Waals surface area (Å²) in [5, 5.41) is 14.1. The Bertz CT molecular complexity index is 604. The number of aliphatic hydroxyl groups is 1. The summed E-state index contributed by atoms with van der Waals surface area (Å²) in [4.78, 5) is 16.1. The molecule has 0 aliphatic carbocycles. The summed E-state index contributed by atoms with van der Waals surface area (Å²) in [5.41, 5.74) is -3.12. The molecule has 0 fully saturated rings. The second-order valence-corrected chi connectivity index (χ2v) is 5.82. The van der Waals surface area contributed by atoms with Crippen molar-refractivity contribution in [3.8, 4) is 0 Å². The molecule has 8 heteroatoms. The minimum atomic E-state index is -5.00. The minimum Gasteiger partial charge on any atom is -0.362 e. The van der Waals surface area contributed by atoms with E-state index in [9.17, 15) is 23.1 Å². The van der Waals surface area contributed by atoms with Crippen molar-refractivity contribution in [3.63, 3.8) is 0 Å². The number of hydrogen-bond donors (Lipinski definition) is 1. The molecule has 1 aromatic rings. The zero-order chi connectivity index (χ0) is 17.8. The van der Waals surface area contributed by atoms with Gasteiger partial charge in [0.2, 0.25) is 0 Å². The van der Waals surface area contributed by atoms with Gasteiger partial charge in [0.1, 0.15) is 0 Å². The Morgan fingerprint density at radius 1 is 1.29 bits per heavy atom. The van der Waals surface area contributed by atoms with Crippen LogP contribution in [0.2, 0.25) is 0 Å². The highest BCUT2D eigenvalue weighted by atomic mass is 19.4. The van der Waals surface area contributed by atoms with E-state index in [1.807, 2.05) is 6.92 Å². The first kappa shape index (κ1) is 18.4. The molecular formula is C16H20F3N3O2. The lowest BCUT2D eigenvalue weighted by Gasteiger charge is -2.32. The van der Waals surface area contributed by atoms with Crippen LogP contribution in [0, 0.1) is 0 Å². The van der Waals surface area contributed by atoms with Gasteiger partial charge in [-0.25, -0.2) is 0 Å². The molecule has 24 heavy (non-hydrogen) atoms. The van der Waals surface area contributed by atoms with Crippen LogP contribution >= 0.6 is 0 Å². The Kier molecular flexibility index (Phi) is 5.58. The third-order valence-corrected chi connectivity index (χ3v) is 3.93. The van der Waals surface area contributed by atoms with E-state index in [4.69, 9.17) is 0 Å². The van der Waals surface area contributed by atoms with E-state index >= 15 is 0 Å². The maximum atomic E-state index is 13.4. The molecule has 0 radical (unpaired) electrons. The molecule has 0 saturated carbocycles. The average Bonchev–Trinajstić information content (AvgIpc) is 2.90. The third kappa shape index (κ3) is 3.75. The van der Waals surface area contributed by atoms with E-state index < -0.39 is 24.2 Å². The molecule has 1 aliphatic rings. The summed E-state index contributed by atoms with van der Waals surface area (Å²) in [6.07, 6.45) is 0.761. The number of halogens is 3. The summed E-state index contributed by atoms with van der Waals surface area (Å²) in [7, 11) is 0. The van der Waals surface area contributed by atoms with Crippen molar-refractivity contribution < 1.29 is 23.1 Å². The number of carbonyl (C=O) groups excluding carboxylic acids is 1. The van der Waals surface area contributed by atoms with Crippen molar-refractivity contribution >= 4 is 11.6 Å². The number of amides is 1. The summed E-state index contributed by atoms with van der Waals surface area (Å²) >= 11 is 0. The van der Waals surface area contributed by atoms with Crippen LogP contribution in [0.4, 0.5) is 13.2 Å². The normalized spacial score (nSPS) is 21.0. The van der Waals surface area contributed by atoms with Crippen molar-refractivity contribution in [1.82, 2.24) is 9.99 Å². The molecule has 5 nitrogen and oxygen atoms in total. The molecule has 1 aliphatic heterocycles. The van der Waals surface area contributed by atoms with Crippen LogP contribution in [0.1, 0.15) is 55.8 Å². The van der Waals surface area contributed by atoms with Crippen molar-refractivity contribution in [3.05, 3.63) is 30.1 Å². The summed E-state index contributed by atoms with van der Waals surface area (Å²) in [5.74, 6) is -0.999. The number of unbranched alkanes of at least 4 members (excludes halogenated alkanes) is 3. The van der Waals surface area contributed by atoms with E-state index in [1.165, 1.54) is 24.5 Å². The minimum absolute atomic E-state index is 0.0105. The Labute approximate surface area is 138 Å². The van der Waals surface area contributed by atoms with Crippen LogP contribution < -0.4 is 0 Å². The van der Waals surface area contributed by atoms with Gasteiger partial charge >= 0.3 is 6.18 Å². The fraction of sp³-hybridized carbons (Fsp3) is 0.562. The summed E-state index contributed by atoms with van der Waals surface area (Å²) < 4.78 is 40.1. The van der Waals surface area contributed by atoms with Crippen molar-refractivity contribution in [2.45, 2.75) is 57.3 Å². The highest BCUT2D eigenvalue weighted by molar-refractivity contribution is 5.98. The Morgan fingerprint density at radius 3 is 2.54 bits per heavy atom. The van der Waals surface area contributed by atoms with Crippen LogP contribution in [0.25, 0.3) is 0 Å². The molecule has 1 amide bonds. The molecule has 1 N–H and O–H groups in total. The van der Waals surface area contributed by atoms with Crippen LogP contribution in [-0.2, 0) is 0 Å². The quantitative estimate of drug-likeness (QED) is 0.804. The molecule has 0 spiro atoms. The smallest absolute Gasteiger partial charge is 0.362 e. The first-order valence-electron chi connectivity index (χ1n) is 7.89. The highest BCUT2D eigenvalue weighted by Crippen LogP contribution is 2.41. The average molecular weight is 343 g/mol. The largest absolute Gasteiger partial charge is 0.438 e. The van der Waals surface area contributed by atoms with Crippen molar-refractivity contribution in [1.29, 1.82) is 0 Å². The van der Waals surface area contributed by atoms with Gasteiger partial charge in [-0.3, -0.25) is 9.78 Å². The fourth-order valence-corrected chi connectivity index (χ4v) is 2.56. The molecule has 1 aromatic heterocycles. The number of rotatable bonds is 6. The van der Waals surface area contributed by atoms with E-state index in [0.717, 1.165) is 19.3 Å². The molecular weight excluding hydrogens is 323 g/mol. The second-order valence-electron chi connectivity index (χ2n) is 5.82. The van der Waals surface area contributed by atoms with E-state index in [2.05, 4.69) is 10.1 Å². The van der Waals surface area contributed by atoms with Crippen LogP contribution in [-0.4, -0.2) is 38.6 Å². The molecule has 0 bridgehead atoms. The van der Waals surface area contributed by atoms with Gasteiger partial charge in [0.05, 0.1) is 0 Å². The molecule has 132 valence electrons. The van der Waals surface area contributed by atoms with Gasteiger partial charge < -0.3 is 5.11 Å². The first-order chi connectivity index (χ1) is 11.3. The predicted molar refractivity (Wildman–Crippen MR) is 82.2 cm³/mol. The van der Waals surface area contributed by atoms with Gasteiger partial charge in [0.25, 0.3) is 11.6 Å². The number of aromatic nitrogens is 1. The van der Waals surface area contributed by atoms with Gasteiger partial charge in [0, 0.05) is 30.1 Å². The number of alkyl halides is 3. The number of pyridine rings is 1. The lowest BCUT2D eigenvalue weighted by molar-refractivity contribution is -0.297. The van der Waals surface area contributed by atoms with Crippen LogP contribution in [0.3, 0.4) is 0 Å². The number of carbonyl (C=O) groups is 1. The number of nitrogens with zero attached hydrogens (tertiary/aromatic N) is 3. The van der Waals surface area contributed by atoms with E-state index in [-0.39, 0.29) is 16.3 Å². The lowest BCUT2D eigenvalue weighted by atomic mass is 10.0. The fourth-order valence-electron chi connectivity index (χ4n) is 2.56. The molecule has 0 saturated heterocycles. The standard InChI is InChI=1S/C16H20F3N3O2/c1-2-3-4-5-6-13-11-15(24,16(17,18)19)22(21-13)14(23)12-7-9-20-10-8-12/h7-10,24H,2-6,11H2,1H3. The Morgan fingerprint density at radius 2 is 1.96 bits per heavy atom. The molecule has 2 heterocycles. The second kappa shape index (κ2) is 7.29.